The molecule has 0 aliphatic heterocycles. The lowest BCUT2D eigenvalue weighted by Gasteiger charge is -2.12. The first-order valence-corrected chi connectivity index (χ1v) is 6.26. The summed E-state index contributed by atoms with van der Waals surface area (Å²) in [6.07, 6.45) is 10.7. The number of rotatable bonds is 1. The van der Waals surface area contributed by atoms with Crippen LogP contribution in [0.3, 0.4) is 0 Å². The van der Waals surface area contributed by atoms with Crippen molar-refractivity contribution in [1.82, 2.24) is 0 Å². The molecule has 0 N–H and O–H groups in total. The molecular weight excluding hydrogens is 182 g/mol. The minimum atomic E-state index is 0.757. The third kappa shape index (κ3) is 2.39. The molecule has 1 saturated carbocycles. The van der Waals surface area contributed by atoms with Gasteiger partial charge in [0.2, 0.25) is 0 Å². The van der Waals surface area contributed by atoms with Gasteiger partial charge in [-0.2, -0.15) is 4.57 Å². The summed E-state index contributed by atoms with van der Waals surface area (Å²) in [5.41, 5.74) is 2.87. The molecule has 1 aromatic rings. The van der Waals surface area contributed by atoms with E-state index in [2.05, 4.69) is 36.7 Å². The van der Waals surface area contributed by atoms with Crippen molar-refractivity contribution in [1.29, 1.82) is 0 Å². The molecule has 0 saturated heterocycles. The molecule has 1 aromatic heterocycles. The van der Waals surface area contributed by atoms with E-state index in [-0.39, 0.29) is 0 Å². The van der Waals surface area contributed by atoms with Gasteiger partial charge < -0.3 is 0 Å². The second kappa shape index (κ2) is 4.78. The van der Waals surface area contributed by atoms with Crippen molar-refractivity contribution < 1.29 is 4.57 Å². The van der Waals surface area contributed by atoms with Crippen molar-refractivity contribution in [3.05, 3.63) is 29.6 Å². The Hall–Kier alpha value is -0.850. The predicted octanol–water partition coefficient (Wildman–Crippen LogP) is 3.49. The Balaban J connectivity index is 2.23. The van der Waals surface area contributed by atoms with Crippen molar-refractivity contribution in [2.45, 2.75) is 58.4 Å². The number of aryl methyl sites for hydroxylation is 1. The summed E-state index contributed by atoms with van der Waals surface area (Å²) >= 11 is 0. The molecule has 0 unspecified atom stereocenters. The molecule has 1 fully saturated rings. The highest BCUT2D eigenvalue weighted by molar-refractivity contribution is 5.11. The van der Waals surface area contributed by atoms with E-state index in [1.807, 2.05) is 0 Å². The summed E-state index contributed by atoms with van der Waals surface area (Å²) in [5, 5.41) is 0. The van der Waals surface area contributed by atoms with E-state index in [0.29, 0.717) is 0 Å². The molecule has 82 valence electrons. The molecule has 0 aromatic carbocycles. The number of hydrogen-bond donors (Lipinski definition) is 0. The molecule has 2 rings (SSSR count). The van der Waals surface area contributed by atoms with E-state index in [9.17, 15) is 0 Å². The van der Waals surface area contributed by atoms with Crippen LogP contribution >= 0.6 is 0 Å². The summed E-state index contributed by atoms with van der Waals surface area (Å²) in [4.78, 5) is 0. The van der Waals surface area contributed by atoms with Crippen LogP contribution in [0.25, 0.3) is 0 Å². The highest BCUT2D eigenvalue weighted by Crippen LogP contribution is 2.23. The maximum Gasteiger partial charge on any atom is 0.181 e. The van der Waals surface area contributed by atoms with E-state index < -0.39 is 0 Å². The van der Waals surface area contributed by atoms with Gasteiger partial charge in [0.1, 0.15) is 0 Å². The van der Waals surface area contributed by atoms with Crippen LogP contribution in [0.15, 0.2) is 18.3 Å². The first-order valence-electron chi connectivity index (χ1n) is 6.26. The largest absolute Gasteiger partial charge is 0.200 e. The van der Waals surface area contributed by atoms with Crippen LogP contribution < -0.4 is 4.57 Å². The molecule has 1 aliphatic carbocycles. The Kier molecular flexibility index (Phi) is 3.40. The average Bonchev–Trinajstić information content (AvgIpc) is 2.50. The fraction of sp³-hybridized carbons (Fsp3) is 0.643. The summed E-state index contributed by atoms with van der Waals surface area (Å²) < 4.78 is 2.50. The lowest BCUT2D eigenvalue weighted by molar-refractivity contribution is -0.730. The minimum absolute atomic E-state index is 0.757. The van der Waals surface area contributed by atoms with Crippen molar-refractivity contribution in [3.8, 4) is 0 Å². The standard InChI is InChI=1S/C14H22N/c1-12-8-7-11-15(13(12)2)14-9-5-3-4-6-10-14/h7-8,11,14H,3-6,9-10H2,1-2H3/q+1. The van der Waals surface area contributed by atoms with E-state index in [4.69, 9.17) is 0 Å². The second-order valence-electron chi connectivity index (χ2n) is 4.83. The maximum atomic E-state index is 2.50. The zero-order valence-electron chi connectivity index (χ0n) is 10.00. The monoisotopic (exact) mass is 204 g/mol. The van der Waals surface area contributed by atoms with E-state index in [1.54, 1.807) is 0 Å². The van der Waals surface area contributed by atoms with Crippen LogP contribution in [0, 0.1) is 13.8 Å². The Morgan fingerprint density at radius 2 is 1.73 bits per heavy atom. The first kappa shape index (κ1) is 10.7. The lowest BCUT2D eigenvalue weighted by Crippen LogP contribution is -2.42. The van der Waals surface area contributed by atoms with Crippen LogP contribution in [0.2, 0.25) is 0 Å². The zero-order valence-corrected chi connectivity index (χ0v) is 10.00. The van der Waals surface area contributed by atoms with Crippen molar-refractivity contribution >= 4 is 0 Å². The smallest absolute Gasteiger partial charge is 0.181 e. The Morgan fingerprint density at radius 1 is 1.07 bits per heavy atom. The zero-order chi connectivity index (χ0) is 10.7. The topological polar surface area (TPSA) is 3.88 Å². The normalized spacial score (nSPS) is 18.8. The van der Waals surface area contributed by atoms with Crippen LogP contribution in [0.4, 0.5) is 0 Å². The molecule has 15 heavy (non-hydrogen) atoms. The van der Waals surface area contributed by atoms with E-state index in [0.717, 1.165) is 6.04 Å². The third-order valence-electron chi connectivity index (χ3n) is 3.77. The Labute approximate surface area is 93.1 Å². The van der Waals surface area contributed by atoms with Crippen molar-refractivity contribution in [2.75, 3.05) is 0 Å². The molecule has 0 atom stereocenters. The SMILES string of the molecule is Cc1ccc[n+](C2CCCCCC2)c1C. The number of hydrogen-bond acceptors (Lipinski definition) is 0. The van der Waals surface area contributed by atoms with Gasteiger partial charge in [0.15, 0.2) is 17.9 Å². The van der Waals surface area contributed by atoms with Gasteiger partial charge in [-0.1, -0.05) is 12.8 Å². The van der Waals surface area contributed by atoms with Gasteiger partial charge >= 0.3 is 0 Å². The van der Waals surface area contributed by atoms with Gasteiger partial charge in [-0.15, -0.1) is 0 Å². The van der Waals surface area contributed by atoms with E-state index >= 15 is 0 Å². The van der Waals surface area contributed by atoms with Crippen LogP contribution in [-0.2, 0) is 0 Å². The molecule has 1 heterocycles. The molecule has 1 heteroatoms. The molecule has 0 spiro atoms. The minimum Gasteiger partial charge on any atom is -0.200 e. The highest BCUT2D eigenvalue weighted by atomic mass is 15.0. The van der Waals surface area contributed by atoms with Crippen molar-refractivity contribution in [2.24, 2.45) is 0 Å². The summed E-state index contributed by atoms with van der Waals surface area (Å²) in [5.74, 6) is 0. The highest BCUT2D eigenvalue weighted by Gasteiger charge is 2.22. The average molecular weight is 204 g/mol. The molecule has 1 nitrogen and oxygen atoms in total. The molecule has 0 radical (unpaired) electrons. The fourth-order valence-electron chi connectivity index (χ4n) is 2.65. The Bertz CT molecular complexity index is 322. The molecule has 0 bridgehead atoms. The van der Waals surface area contributed by atoms with Gasteiger partial charge in [0, 0.05) is 31.4 Å². The lowest BCUT2D eigenvalue weighted by atomic mass is 10.1. The quantitative estimate of drug-likeness (QED) is 0.487. The predicted molar refractivity (Wildman–Crippen MR) is 62.9 cm³/mol. The first-order chi connectivity index (χ1) is 7.29. The maximum absolute atomic E-state index is 2.50. The van der Waals surface area contributed by atoms with Crippen LogP contribution in [0.1, 0.15) is 55.8 Å². The molecule has 0 amide bonds. The summed E-state index contributed by atoms with van der Waals surface area (Å²) in [6.45, 7) is 4.46. The summed E-state index contributed by atoms with van der Waals surface area (Å²) in [6, 6.07) is 5.16. The van der Waals surface area contributed by atoms with Crippen LogP contribution in [0.5, 0.6) is 0 Å². The van der Waals surface area contributed by atoms with Gasteiger partial charge in [-0.25, -0.2) is 0 Å². The van der Waals surface area contributed by atoms with Crippen molar-refractivity contribution in [3.63, 3.8) is 0 Å². The fourth-order valence-corrected chi connectivity index (χ4v) is 2.65. The number of nitrogens with zero attached hydrogens (tertiary/aromatic N) is 1. The molecule has 1 aliphatic rings. The third-order valence-corrected chi connectivity index (χ3v) is 3.77. The second-order valence-corrected chi connectivity index (χ2v) is 4.83. The van der Waals surface area contributed by atoms with Gasteiger partial charge in [0.25, 0.3) is 0 Å². The van der Waals surface area contributed by atoms with Gasteiger partial charge in [0.05, 0.1) is 0 Å². The Morgan fingerprint density at radius 3 is 2.40 bits per heavy atom. The van der Waals surface area contributed by atoms with Crippen LogP contribution in [-0.4, -0.2) is 0 Å². The van der Waals surface area contributed by atoms with Gasteiger partial charge in [-0.05, 0) is 25.8 Å². The number of pyridine rings is 1. The van der Waals surface area contributed by atoms with Gasteiger partial charge in [-0.3, -0.25) is 0 Å². The van der Waals surface area contributed by atoms with E-state index in [1.165, 1.54) is 49.8 Å². The summed E-state index contributed by atoms with van der Waals surface area (Å²) in [7, 11) is 0. The number of aromatic nitrogens is 1. The molecular formula is C14H22N+.